The Morgan fingerprint density at radius 3 is 2.30 bits per heavy atom. The first-order valence-corrected chi connectivity index (χ1v) is 9.29. The van der Waals surface area contributed by atoms with Crippen molar-refractivity contribution < 1.29 is 22.0 Å². The lowest BCUT2D eigenvalue weighted by atomic mass is 10.2. The van der Waals surface area contributed by atoms with Gasteiger partial charge >= 0.3 is 0 Å². The van der Waals surface area contributed by atoms with Crippen molar-refractivity contribution in [2.24, 2.45) is 0 Å². The van der Waals surface area contributed by atoms with Gasteiger partial charge in [0.05, 0.1) is 6.26 Å². The summed E-state index contributed by atoms with van der Waals surface area (Å²) < 4.78 is 51.5. The number of unbranched alkanes of at least 4 members (excludes halogenated alkanes) is 2. The maximum atomic E-state index is 13.4. The van der Waals surface area contributed by atoms with E-state index < -0.39 is 33.3 Å². The smallest absolute Gasteiger partial charge is 0.225 e. The number of carbonyl (C=O) groups is 1. The van der Waals surface area contributed by atoms with Crippen LogP contribution in [0.2, 0.25) is 0 Å². The van der Waals surface area contributed by atoms with Crippen LogP contribution in [0.25, 0.3) is 0 Å². The van der Waals surface area contributed by atoms with Gasteiger partial charge in [0.1, 0.15) is 17.3 Å². The zero-order chi connectivity index (χ0) is 17.5. The van der Waals surface area contributed by atoms with Crippen LogP contribution >= 0.6 is 0 Å². The van der Waals surface area contributed by atoms with Gasteiger partial charge in [-0.1, -0.05) is 25.8 Å². The lowest BCUT2D eigenvalue weighted by Crippen LogP contribution is -2.34. The Morgan fingerprint density at radius 2 is 1.78 bits per heavy atom. The van der Waals surface area contributed by atoms with Gasteiger partial charge in [0.15, 0.2) is 0 Å². The second kappa shape index (κ2) is 8.93. The Hall–Kier alpha value is -1.54. The Bertz CT molecular complexity index is 615. The molecule has 0 fully saturated rings. The number of amides is 1. The van der Waals surface area contributed by atoms with Gasteiger partial charge in [0.25, 0.3) is 0 Å². The summed E-state index contributed by atoms with van der Waals surface area (Å²) in [6.45, 7) is 2.31. The van der Waals surface area contributed by atoms with E-state index in [-0.39, 0.29) is 13.0 Å². The molecule has 0 spiro atoms. The summed E-state index contributed by atoms with van der Waals surface area (Å²) in [5.41, 5.74) is -0.519. The van der Waals surface area contributed by atoms with Crippen molar-refractivity contribution in [1.29, 1.82) is 0 Å². The van der Waals surface area contributed by atoms with E-state index in [1.54, 1.807) is 0 Å². The molecule has 1 aromatic rings. The number of hydrogen-bond acceptors (Lipinski definition) is 3. The number of halogens is 2. The fourth-order valence-electron chi connectivity index (χ4n) is 2.03. The first-order valence-electron chi connectivity index (χ1n) is 7.44. The van der Waals surface area contributed by atoms with Crippen LogP contribution in [0.5, 0.6) is 0 Å². The van der Waals surface area contributed by atoms with Crippen LogP contribution in [-0.4, -0.2) is 38.0 Å². The fourth-order valence-corrected chi connectivity index (χ4v) is 2.91. The summed E-state index contributed by atoms with van der Waals surface area (Å²) in [5, 5.41) is 2.14. The quantitative estimate of drug-likeness (QED) is 0.698. The number of nitrogens with zero attached hydrogens (tertiary/aromatic N) is 1. The van der Waals surface area contributed by atoms with Gasteiger partial charge in [-0.2, -0.15) is 0 Å². The molecule has 0 bridgehead atoms. The largest absolute Gasteiger partial charge is 0.321 e. The highest BCUT2D eigenvalue weighted by molar-refractivity contribution is 7.88. The molecule has 0 aliphatic carbocycles. The van der Waals surface area contributed by atoms with Gasteiger partial charge < -0.3 is 5.32 Å². The molecule has 0 heterocycles. The number of sulfonamides is 1. The molecule has 1 rings (SSSR count). The Labute approximate surface area is 135 Å². The van der Waals surface area contributed by atoms with Crippen molar-refractivity contribution in [3.05, 3.63) is 29.8 Å². The van der Waals surface area contributed by atoms with E-state index in [9.17, 15) is 22.0 Å². The molecule has 23 heavy (non-hydrogen) atoms. The SMILES string of the molecule is CCCCCN(CCC(=O)Nc1c(F)cccc1F)S(C)(=O)=O. The minimum atomic E-state index is -3.43. The van der Waals surface area contributed by atoms with Crippen molar-refractivity contribution in [3.8, 4) is 0 Å². The maximum Gasteiger partial charge on any atom is 0.225 e. The molecule has 0 saturated carbocycles. The molecular formula is C15H22F2N2O3S. The zero-order valence-electron chi connectivity index (χ0n) is 13.3. The predicted molar refractivity (Wildman–Crippen MR) is 85.5 cm³/mol. The Balaban J connectivity index is 2.61. The van der Waals surface area contributed by atoms with Gasteiger partial charge in [-0.3, -0.25) is 4.79 Å². The highest BCUT2D eigenvalue weighted by Gasteiger charge is 2.18. The molecule has 130 valence electrons. The molecule has 0 aliphatic heterocycles. The van der Waals surface area contributed by atoms with Crippen molar-refractivity contribution in [1.82, 2.24) is 4.31 Å². The normalized spacial score (nSPS) is 11.7. The zero-order valence-corrected chi connectivity index (χ0v) is 14.1. The number of anilines is 1. The number of hydrogen-bond donors (Lipinski definition) is 1. The number of benzene rings is 1. The highest BCUT2D eigenvalue weighted by atomic mass is 32.2. The van der Waals surface area contributed by atoms with Crippen LogP contribution in [0, 0.1) is 11.6 Å². The molecule has 0 aliphatic rings. The molecule has 5 nitrogen and oxygen atoms in total. The molecule has 0 radical (unpaired) electrons. The summed E-state index contributed by atoms with van der Waals surface area (Å²) in [6, 6.07) is 3.26. The Morgan fingerprint density at radius 1 is 1.17 bits per heavy atom. The first kappa shape index (κ1) is 19.5. The minimum Gasteiger partial charge on any atom is -0.321 e. The summed E-state index contributed by atoms with van der Waals surface area (Å²) in [7, 11) is -3.43. The molecule has 0 aromatic heterocycles. The average molecular weight is 348 g/mol. The number of para-hydroxylation sites is 1. The molecule has 0 saturated heterocycles. The third-order valence-electron chi connectivity index (χ3n) is 3.30. The molecule has 1 aromatic carbocycles. The molecule has 0 unspecified atom stereocenters. The van der Waals surface area contributed by atoms with Crippen LogP contribution in [0.4, 0.5) is 14.5 Å². The number of carbonyl (C=O) groups excluding carboxylic acids is 1. The van der Waals surface area contributed by atoms with E-state index in [2.05, 4.69) is 5.32 Å². The first-order chi connectivity index (χ1) is 10.8. The predicted octanol–water partition coefficient (Wildman–Crippen LogP) is 2.75. The van der Waals surface area contributed by atoms with Crippen molar-refractivity contribution in [3.63, 3.8) is 0 Å². The lowest BCUT2D eigenvalue weighted by Gasteiger charge is -2.19. The van der Waals surface area contributed by atoms with Crippen LogP contribution in [0.15, 0.2) is 18.2 Å². The minimum absolute atomic E-state index is 0.0234. The fraction of sp³-hybridized carbons (Fsp3) is 0.533. The third kappa shape index (κ3) is 6.62. The van der Waals surface area contributed by atoms with Crippen LogP contribution < -0.4 is 5.32 Å². The molecule has 8 heteroatoms. The topological polar surface area (TPSA) is 66.5 Å². The van der Waals surface area contributed by atoms with Crippen LogP contribution in [0.1, 0.15) is 32.6 Å². The third-order valence-corrected chi connectivity index (χ3v) is 4.60. The highest BCUT2D eigenvalue weighted by Crippen LogP contribution is 2.18. The van der Waals surface area contributed by atoms with Gasteiger partial charge in [-0.15, -0.1) is 0 Å². The van der Waals surface area contributed by atoms with Crippen molar-refractivity contribution in [2.75, 3.05) is 24.7 Å². The van der Waals surface area contributed by atoms with E-state index in [1.807, 2.05) is 6.92 Å². The van der Waals surface area contributed by atoms with E-state index in [1.165, 1.54) is 10.4 Å². The number of nitrogens with one attached hydrogen (secondary N) is 1. The van der Waals surface area contributed by atoms with Crippen molar-refractivity contribution in [2.45, 2.75) is 32.6 Å². The van der Waals surface area contributed by atoms with Gasteiger partial charge in [-0.25, -0.2) is 21.5 Å². The van der Waals surface area contributed by atoms with E-state index in [4.69, 9.17) is 0 Å². The van der Waals surface area contributed by atoms with Gasteiger partial charge in [0.2, 0.25) is 15.9 Å². The van der Waals surface area contributed by atoms with E-state index in [0.29, 0.717) is 13.0 Å². The monoisotopic (exact) mass is 348 g/mol. The average Bonchev–Trinajstić information content (AvgIpc) is 2.45. The van der Waals surface area contributed by atoms with Crippen molar-refractivity contribution >= 4 is 21.6 Å². The van der Waals surface area contributed by atoms with Crippen LogP contribution in [0.3, 0.4) is 0 Å². The molecule has 1 amide bonds. The summed E-state index contributed by atoms with van der Waals surface area (Å²) >= 11 is 0. The second-order valence-electron chi connectivity index (χ2n) is 5.26. The number of rotatable bonds is 9. The summed E-state index contributed by atoms with van der Waals surface area (Å²) in [5.74, 6) is -2.39. The summed E-state index contributed by atoms with van der Waals surface area (Å²) in [4.78, 5) is 11.8. The Kier molecular flexibility index (Phi) is 7.57. The maximum absolute atomic E-state index is 13.4. The second-order valence-corrected chi connectivity index (χ2v) is 7.25. The molecule has 1 N–H and O–H groups in total. The van der Waals surface area contributed by atoms with Gasteiger partial charge in [0, 0.05) is 19.5 Å². The lowest BCUT2D eigenvalue weighted by molar-refractivity contribution is -0.116. The standard InChI is InChI=1S/C15H22F2N2O3S/c1-3-4-5-10-19(23(2,21)22)11-9-14(20)18-15-12(16)7-6-8-13(15)17/h6-8H,3-5,9-11H2,1-2H3,(H,18,20). The van der Waals surface area contributed by atoms with Gasteiger partial charge in [-0.05, 0) is 18.6 Å². The van der Waals surface area contributed by atoms with E-state index >= 15 is 0 Å². The summed E-state index contributed by atoms with van der Waals surface area (Å²) in [6.07, 6.45) is 3.44. The van der Waals surface area contributed by atoms with Crippen LogP contribution in [-0.2, 0) is 14.8 Å². The van der Waals surface area contributed by atoms with E-state index in [0.717, 1.165) is 31.2 Å². The molecular weight excluding hydrogens is 326 g/mol. The molecule has 0 atom stereocenters.